The van der Waals surface area contributed by atoms with Crippen molar-refractivity contribution in [2.45, 2.75) is 26.7 Å². The molecular formula is C15H18N4O. The molecule has 20 heavy (non-hydrogen) atoms. The molecule has 104 valence electrons. The molecule has 1 amide bonds. The smallest absolute Gasteiger partial charge is 0.253 e. The summed E-state index contributed by atoms with van der Waals surface area (Å²) in [6, 6.07) is 7.58. The molecule has 1 aromatic heterocycles. The van der Waals surface area contributed by atoms with Crippen molar-refractivity contribution in [1.29, 1.82) is 0 Å². The minimum Gasteiger partial charge on any atom is -0.339 e. The number of likely N-dealkylation sites (tertiary alicyclic amines) is 1. The highest BCUT2D eigenvalue weighted by atomic mass is 16.2. The molecule has 1 fully saturated rings. The molecule has 0 N–H and O–H groups in total. The van der Waals surface area contributed by atoms with Crippen LogP contribution in [0.5, 0.6) is 0 Å². The quantitative estimate of drug-likeness (QED) is 0.840. The Morgan fingerprint density at radius 1 is 1.10 bits per heavy atom. The van der Waals surface area contributed by atoms with Crippen molar-refractivity contribution >= 4 is 5.91 Å². The van der Waals surface area contributed by atoms with E-state index >= 15 is 0 Å². The first-order valence-electron chi connectivity index (χ1n) is 6.95. The lowest BCUT2D eigenvalue weighted by Crippen LogP contribution is -2.27. The Balaban J connectivity index is 1.84. The third-order valence-electron chi connectivity index (χ3n) is 3.63. The molecule has 0 aliphatic carbocycles. The molecule has 3 rings (SSSR count). The zero-order chi connectivity index (χ0) is 14.1. The number of hydrogen-bond acceptors (Lipinski definition) is 3. The van der Waals surface area contributed by atoms with Gasteiger partial charge in [-0.2, -0.15) is 5.10 Å². The number of aromatic nitrogens is 3. The number of benzene rings is 1. The maximum absolute atomic E-state index is 12.3. The maximum atomic E-state index is 12.3. The van der Waals surface area contributed by atoms with Crippen molar-refractivity contribution in [2.24, 2.45) is 0 Å². The topological polar surface area (TPSA) is 51.0 Å². The predicted octanol–water partition coefficient (Wildman–Crippen LogP) is 2.12. The minimum absolute atomic E-state index is 0.126. The van der Waals surface area contributed by atoms with Gasteiger partial charge in [0.25, 0.3) is 5.91 Å². The Labute approximate surface area is 118 Å². The van der Waals surface area contributed by atoms with Gasteiger partial charge >= 0.3 is 0 Å². The molecule has 0 unspecified atom stereocenters. The Hall–Kier alpha value is -2.17. The van der Waals surface area contributed by atoms with Crippen LogP contribution in [0.15, 0.2) is 24.3 Å². The van der Waals surface area contributed by atoms with E-state index in [-0.39, 0.29) is 5.91 Å². The van der Waals surface area contributed by atoms with Crippen molar-refractivity contribution in [3.63, 3.8) is 0 Å². The lowest BCUT2D eigenvalue weighted by atomic mass is 10.2. The molecule has 0 saturated carbocycles. The van der Waals surface area contributed by atoms with Crippen LogP contribution in [0.1, 0.15) is 34.8 Å². The molecule has 1 aromatic carbocycles. The van der Waals surface area contributed by atoms with Crippen molar-refractivity contribution in [2.75, 3.05) is 13.1 Å². The van der Waals surface area contributed by atoms with E-state index < -0.39 is 0 Å². The van der Waals surface area contributed by atoms with E-state index in [9.17, 15) is 4.79 Å². The average molecular weight is 270 g/mol. The van der Waals surface area contributed by atoms with Crippen LogP contribution in [-0.2, 0) is 0 Å². The molecule has 0 radical (unpaired) electrons. The Kier molecular flexibility index (Phi) is 3.26. The fourth-order valence-electron chi connectivity index (χ4n) is 2.61. The van der Waals surface area contributed by atoms with Gasteiger partial charge in [-0.15, -0.1) is 0 Å². The van der Waals surface area contributed by atoms with Crippen LogP contribution in [0.3, 0.4) is 0 Å². The van der Waals surface area contributed by atoms with E-state index in [1.807, 2.05) is 43.0 Å². The van der Waals surface area contributed by atoms with E-state index in [1.54, 1.807) is 4.68 Å². The predicted molar refractivity (Wildman–Crippen MR) is 76.0 cm³/mol. The highest BCUT2D eigenvalue weighted by molar-refractivity contribution is 5.94. The largest absolute Gasteiger partial charge is 0.339 e. The van der Waals surface area contributed by atoms with Gasteiger partial charge in [0.15, 0.2) is 0 Å². The highest BCUT2D eigenvalue weighted by Crippen LogP contribution is 2.15. The molecule has 0 bridgehead atoms. The Morgan fingerprint density at radius 2 is 1.75 bits per heavy atom. The van der Waals surface area contributed by atoms with Crippen LogP contribution >= 0.6 is 0 Å². The van der Waals surface area contributed by atoms with Gasteiger partial charge in [0.05, 0.1) is 5.69 Å². The molecule has 1 aliphatic rings. The number of hydrogen-bond donors (Lipinski definition) is 0. The molecule has 2 heterocycles. The normalized spacial score (nSPS) is 14.8. The minimum atomic E-state index is 0.126. The van der Waals surface area contributed by atoms with Crippen LogP contribution in [0.4, 0.5) is 0 Å². The van der Waals surface area contributed by atoms with Gasteiger partial charge in [-0.05, 0) is 51.0 Å². The SMILES string of the molecule is Cc1nc(C)n(-c2ccc(C(=O)N3CCCC3)cc2)n1. The van der Waals surface area contributed by atoms with Gasteiger partial charge in [0.1, 0.15) is 11.6 Å². The Bertz CT molecular complexity index is 624. The monoisotopic (exact) mass is 270 g/mol. The molecule has 2 aromatic rings. The molecule has 0 spiro atoms. The standard InChI is InChI=1S/C15H18N4O/c1-11-16-12(2)19(17-11)14-7-5-13(6-8-14)15(20)18-9-3-4-10-18/h5-8H,3-4,9-10H2,1-2H3. The first-order valence-corrected chi connectivity index (χ1v) is 6.95. The third kappa shape index (κ3) is 2.31. The summed E-state index contributed by atoms with van der Waals surface area (Å²) >= 11 is 0. The van der Waals surface area contributed by atoms with Crippen LogP contribution in [0, 0.1) is 13.8 Å². The number of nitrogens with zero attached hydrogens (tertiary/aromatic N) is 4. The van der Waals surface area contributed by atoms with Crippen molar-refractivity contribution < 1.29 is 4.79 Å². The Morgan fingerprint density at radius 3 is 2.30 bits per heavy atom. The van der Waals surface area contributed by atoms with Crippen molar-refractivity contribution in [3.8, 4) is 5.69 Å². The molecule has 1 aliphatic heterocycles. The third-order valence-corrected chi connectivity index (χ3v) is 3.63. The summed E-state index contributed by atoms with van der Waals surface area (Å²) in [7, 11) is 0. The zero-order valence-corrected chi connectivity index (χ0v) is 11.8. The van der Waals surface area contributed by atoms with Gasteiger partial charge in [-0.25, -0.2) is 9.67 Å². The van der Waals surface area contributed by atoms with E-state index in [2.05, 4.69) is 10.1 Å². The second-order valence-corrected chi connectivity index (χ2v) is 5.16. The summed E-state index contributed by atoms with van der Waals surface area (Å²) in [5.74, 6) is 1.72. The summed E-state index contributed by atoms with van der Waals surface area (Å²) in [5.41, 5.74) is 1.67. The summed E-state index contributed by atoms with van der Waals surface area (Å²) in [6.45, 7) is 5.54. The second-order valence-electron chi connectivity index (χ2n) is 5.16. The van der Waals surface area contributed by atoms with Crippen LogP contribution in [0.2, 0.25) is 0 Å². The summed E-state index contributed by atoms with van der Waals surface area (Å²) in [6.07, 6.45) is 2.22. The highest BCUT2D eigenvalue weighted by Gasteiger charge is 2.19. The molecular weight excluding hydrogens is 252 g/mol. The van der Waals surface area contributed by atoms with E-state index in [0.29, 0.717) is 0 Å². The summed E-state index contributed by atoms with van der Waals surface area (Å²) in [5, 5.41) is 4.34. The first-order chi connectivity index (χ1) is 9.65. The fourth-order valence-corrected chi connectivity index (χ4v) is 2.61. The lowest BCUT2D eigenvalue weighted by Gasteiger charge is -2.15. The molecule has 5 heteroatoms. The van der Waals surface area contributed by atoms with Gasteiger partial charge in [0, 0.05) is 18.7 Å². The summed E-state index contributed by atoms with van der Waals surface area (Å²) in [4.78, 5) is 18.5. The van der Waals surface area contributed by atoms with Gasteiger partial charge in [-0.3, -0.25) is 4.79 Å². The van der Waals surface area contributed by atoms with Gasteiger partial charge < -0.3 is 4.90 Å². The number of carbonyl (C=O) groups excluding carboxylic acids is 1. The number of rotatable bonds is 2. The zero-order valence-electron chi connectivity index (χ0n) is 11.8. The van der Waals surface area contributed by atoms with Crippen molar-refractivity contribution in [1.82, 2.24) is 19.7 Å². The molecule has 5 nitrogen and oxygen atoms in total. The fraction of sp³-hybridized carbons (Fsp3) is 0.400. The molecule has 0 atom stereocenters. The first kappa shape index (κ1) is 12.8. The number of carbonyl (C=O) groups is 1. The maximum Gasteiger partial charge on any atom is 0.253 e. The van der Waals surface area contributed by atoms with Gasteiger partial charge in [-0.1, -0.05) is 0 Å². The second kappa shape index (κ2) is 5.07. The average Bonchev–Trinajstić information content (AvgIpc) is 3.08. The van der Waals surface area contributed by atoms with Crippen LogP contribution in [-0.4, -0.2) is 38.7 Å². The van der Waals surface area contributed by atoms with E-state index in [4.69, 9.17) is 0 Å². The van der Waals surface area contributed by atoms with Gasteiger partial charge in [0.2, 0.25) is 0 Å². The van der Waals surface area contributed by atoms with E-state index in [0.717, 1.165) is 48.8 Å². The number of aryl methyl sites for hydroxylation is 2. The van der Waals surface area contributed by atoms with Crippen LogP contribution < -0.4 is 0 Å². The van der Waals surface area contributed by atoms with Crippen LogP contribution in [0.25, 0.3) is 5.69 Å². The lowest BCUT2D eigenvalue weighted by molar-refractivity contribution is 0.0793. The van der Waals surface area contributed by atoms with Crippen molar-refractivity contribution in [3.05, 3.63) is 41.5 Å². The van der Waals surface area contributed by atoms with E-state index in [1.165, 1.54) is 0 Å². The molecule has 1 saturated heterocycles. The summed E-state index contributed by atoms with van der Waals surface area (Å²) < 4.78 is 1.79. The number of amides is 1.